The molecule has 0 saturated heterocycles. The van der Waals surface area contributed by atoms with E-state index < -0.39 is 0 Å². The molecule has 0 atom stereocenters. The van der Waals surface area contributed by atoms with E-state index in [9.17, 15) is 0 Å². The van der Waals surface area contributed by atoms with Crippen molar-refractivity contribution in [3.8, 4) is 66.8 Å². The SMILES string of the molecule is c1ccc(-c2cc(-c3ccccc3)c(-c3cccc(N(c4ccccc4)c4ccc(-c5ccccc5-c5ccccc5)cc4)c3)c(-c3ccccc3)c2)cc1. The van der Waals surface area contributed by atoms with Crippen LogP contribution in [0.3, 0.4) is 0 Å². The number of hydrogen-bond donors (Lipinski definition) is 0. The predicted octanol–water partition coefficient (Wildman–Crippen LogP) is 15.2. The molecule has 0 unspecified atom stereocenters. The molecule has 0 aliphatic heterocycles. The lowest BCUT2D eigenvalue weighted by molar-refractivity contribution is 1.28. The van der Waals surface area contributed by atoms with Crippen LogP contribution in [0.4, 0.5) is 17.1 Å². The second kappa shape index (κ2) is 15.4. The molecule has 0 saturated carbocycles. The highest BCUT2D eigenvalue weighted by molar-refractivity contribution is 5.98. The molecule has 9 aromatic carbocycles. The van der Waals surface area contributed by atoms with Gasteiger partial charge in [-0.15, -0.1) is 0 Å². The van der Waals surface area contributed by atoms with Crippen molar-refractivity contribution < 1.29 is 0 Å². The molecule has 9 aromatic rings. The smallest absolute Gasteiger partial charge is 0.0467 e. The topological polar surface area (TPSA) is 3.24 Å². The minimum atomic E-state index is 1.09. The van der Waals surface area contributed by atoms with Crippen molar-refractivity contribution in [1.82, 2.24) is 0 Å². The highest BCUT2D eigenvalue weighted by Gasteiger charge is 2.20. The first-order valence-electron chi connectivity index (χ1n) is 18.8. The van der Waals surface area contributed by atoms with E-state index in [1.807, 2.05) is 0 Å². The summed E-state index contributed by atoms with van der Waals surface area (Å²) in [5.41, 5.74) is 17.6. The molecule has 0 radical (unpaired) electrons. The highest BCUT2D eigenvalue weighted by atomic mass is 15.1. The Bertz CT molecular complexity index is 2590. The Hall–Kier alpha value is -7.22. The summed E-state index contributed by atoms with van der Waals surface area (Å²) in [6.45, 7) is 0. The van der Waals surface area contributed by atoms with E-state index >= 15 is 0 Å². The van der Waals surface area contributed by atoms with Gasteiger partial charge in [0, 0.05) is 17.1 Å². The van der Waals surface area contributed by atoms with Crippen molar-refractivity contribution in [3.63, 3.8) is 0 Å². The Morgan fingerprint density at radius 1 is 0.200 bits per heavy atom. The summed E-state index contributed by atoms with van der Waals surface area (Å²) in [5.74, 6) is 0. The Labute approximate surface area is 324 Å². The average molecular weight is 702 g/mol. The van der Waals surface area contributed by atoms with E-state index in [4.69, 9.17) is 0 Å². The van der Waals surface area contributed by atoms with Gasteiger partial charge in [0.05, 0.1) is 0 Å². The molecule has 260 valence electrons. The van der Waals surface area contributed by atoms with Crippen molar-refractivity contribution in [2.75, 3.05) is 4.90 Å². The molecule has 0 aliphatic rings. The molecular weight excluding hydrogens is 663 g/mol. The highest BCUT2D eigenvalue weighted by Crippen LogP contribution is 2.45. The Kier molecular flexibility index (Phi) is 9.41. The number of anilines is 3. The molecule has 0 bridgehead atoms. The summed E-state index contributed by atoms with van der Waals surface area (Å²) < 4.78 is 0. The van der Waals surface area contributed by atoms with Gasteiger partial charge in [0.25, 0.3) is 0 Å². The van der Waals surface area contributed by atoms with Crippen LogP contribution in [0.2, 0.25) is 0 Å². The van der Waals surface area contributed by atoms with Gasteiger partial charge >= 0.3 is 0 Å². The van der Waals surface area contributed by atoms with Gasteiger partial charge in [-0.25, -0.2) is 0 Å². The lowest BCUT2D eigenvalue weighted by Crippen LogP contribution is -2.10. The zero-order valence-electron chi connectivity index (χ0n) is 30.5. The summed E-state index contributed by atoms with van der Waals surface area (Å²) in [6, 6.07) is 85.0. The largest absolute Gasteiger partial charge is 0.310 e. The van der Waals surface area contributed by atoms with E-state index in [2.05, 4.69) is 241 Å². The number of rotatable bonds is 9. The summed E-state index contributed by atoms with van der Waals surface area (Å²) in [6.07, 6.45) is 0. The minimum Gasteiger partial charge on any atom is -0.310 e. The van der Waals surface area contributed by atoms with E-state index in [0.717, 1.165) is 22.6 Å². The van der Waals surface area contributed by atoms with Crippen molar-refractivity contribution in [2.45, 2.75) is 0 Å². The lowest BCUT2D eigenvalue weighted by Gasteiger charge is -2.27. The average Bonchev–Trinajstić information content (AvgIpc) is 3.28. The fraction of sp³-hybridized carbons (Fsp3) is 0. The van der Waals surface area contributed by atoms with Gasteiger partial charge in [0.2, 0.25) is 0 Å². The molecule has 0 N–H and O–H groups in total. The van der Waals surface area contributed by atoms with Crippen LogP contribution in [-0.4, -0.2) is 0 Å². The third-order valence-electron chi connectivity index (χ3n) is 10.3. The molecular formula is C54H39N. The van der Waals surface area contributed by atoms with E-state index in [0.29, 0.717) is 0 Å². The number of nitrogens with zero attached hydrogens (tertiary/aromatic N) is 1. The van der Waals surface area contributed by atoms with Gasteiger partial charge in [-0.1, -0.05) is 188 Å². The molecule has 0 aromatic heterocycles. The molecule has 0 heterocycles. The quantitative estimate of drug-likeness (QED) is 0.145. The van der Waals surface area contributed by atoms with E-state index in [-0.39, 0.29) is 0 Å². The van der Waals surface area contributed by atoms with Crippen LogP contribution < -0.4 is 4.90 Å². The molecule has 0 fully saturated rings. The van der Waals surface area contributed by atoms with Gasteiger partial charge < -0.3 is 4.90 Å². The summed E-state index contributed by atoms with van der Waals surface area (Å²) in [5, 5.41) is 0. The Morgan fingerprint density at radius 2 is 0.564 bits per heavy atom. The van der Waals surface area contributed by atoms with Gasteiger partial charge in [-0.2, -0.15) is 0 Å². The number of hydrogen-bond acceptors (Lipinski definition) is 1. The van der Waals surface area contributed by atoms with Crippen LogP contribution in [0.15, 0.2) is 237 Å². The van der Waals surface area contributed by atoms with Crippen LogP contribution in [0.25, 0.3) is 66.8 Å². The van der Waals surface area contributed by atoms with Gasteiger partial charge in [-0.3, -0.25) is 0 Å². The lowest BCUT2D eigenvalue weighted by atomic mass is 9.84. The van der Waals surface area contributed by atoms with Gasteiger partial charge in [0.1, 0.15) is 0 Å². The van der Waals surface area contributed by atoms with Crippen molar-refractivity contribution in [1.29, 1.82) is 0 Å². The van der Waals surface area contributed by atoms with Gasteiger partial charge in [0.15, 0.2) is 0 Å². The fourth-order valence-corrected chi connectivity index (χ4v) is 7.66. The van der Waals surface area contributed by atoms with E-state index in [1.54, 1.807) is 0 Å². The summed E-state index contributed by atoms with van der Waals surface area (Å²) in [4.78, 5) is 2.36. The zero-order valence-corrected chi connectivity index (χ0v) is 30.5. The first-order chi connectivity index (χ1) is 27.3. The Morgan fingerprint density at radius 3 is 1.07 bits per heavy atom. The maximum absolute atomic E-state index is 2.36. The summed E-state index contributed by atoms with van der Waals surface area (Å²) in [7, 11) is 0. The zero-order chi connectivity index (χ0) is 36.8. The normalized spacial score (nSPS) is 10.9. The van der Waals surface area contributed by atoms with Crippen LogP contribution in [0, 0.1) is 0 Å². The molecule has 1 nitrogen and oxygen atoms in total. The maximum atomic E-state index is 2.36. The first kappa shape index (κ1) is 33.6. The predicted molar refractivity (Wildman–Crippen MR) is 234 cm³/mol. The molecule has 9 rings (SSSR count). The van der Waals surface area contributed by atoms with E-state index in [1.165, 1.54) is 61.2 Å². The summed E-state index contributed by atoms with van der Waals surface area (Å²) >= 11 is 0. The molecule has 0 aliphatic carbocycles. The number of benzene rings is 9. The van der Waals surface area contributed by atoms with Crippen LogP contribution >= 0.6 is 0 Å². The number of para-hydroxylation sites is 1. The molecule has 55 heavy (non-hydrogen) atoms. The van der Waals surface area contributed by atoms with Crippen molar-refractivity contribution in [3.05, 3.63) is 237 Å². The minimum absolute atomic E-state index is 1.09. The first-order valence-corrected chi connectivity index (χ1v) is 18.8. The van der Waals surface area contributed by atoms with Gasteiger partial charge in [-0.05, 0) is 115 Å². The molecule has 0 amide bonds. The maximum Gasteiger partial charge on any atom is 0.0467 e. The van der Waals surface area contributed by atoms with Crippen molar-refractivity contribution >= 4 is 17.1 Å². The molecule has 1 heteroatoms. The second-order valence-electron chi connectivity index (χ2n) is 13.7. The third-order valence-corrected chi connectivity index (χ3v) is 10.3. The Balaban J connectivity index is 1.20. The van der Waals surface area contributed by atoms with Crippen LogP contribution in [-0.2, 0) is 0 Å². The van der Waals surface area contributed by atoms with Crippen LogP contribution in [0.1, 0.15) is 0 Å². The second-order valence-corrected chi connectivity index (χ2v) is 13.7. The molecule has 0 spiro atoms. The fourth-order valence-electron chi connectivity index (χ4n) is 7.66. The van der Waals surface area contributed by atoms with Crippen LogP contribution in [0.5, 0.6) is 0 Å². The monoisotopic (exact) mass is 701 g/mol. The standard InChI is InChI=1S/C54H39N/c1-6-19-40(20-7-1)46-38-52(42-23-10-3-11-24-42)54(53(39-46)43-25-12-4-13-26-43)45-27-18-30-49(37-45)55(47-28-14-5-15-29-47)48-35-33-44(34-36-48)51-32-17-16-31-50(51)41-21-8-2-9-22-41/h1-39H. The van der Waals surface area contributed by atoms with Crippen molar-refractivity contribution in [2.24, 2.45) is 0 Å². The third kappa shape index (κ3) is 7.00.